The van der Waals surface area contributed by atoms with Gasteiger partial charge in [0.25, 0.3) is 0 Å². The van der Waals surface area contributed by atoms with E-state index < -0.39 is 18.2 Å². The molecule has 0 rings (SSSR count). The Morgan fingerprint density at radius 2 is 0.860 bits per heavy atom. The van der Waals surface area contributed by atoms with Crippen molar-refractivity contribution >= 4 is 11.9 Å². The molecule has 0 aromatic rings. The Bertz CT molecular complexity index is 863. The maximum Gasteiger partial charge on any atom is 0.306 e. The van der Waals surface area contributed by atoms with Crippen LogP contribution in [0.2, 0.25) is 0 Å². The lowest BCUT2D eigenvalue weighted by molar-refractivity contribution is -0.151. The van der Waals surface area contributed by atoms with Crippen LogP contribution < -0.4 is 5.32 Å². The maximum absolute atomic E-state index is 13.1. The van der Waals surface area contributed by atoms with Crippen LogP contribution in [-0.2, 0) is 14.3 Å². The molecule has 0 radical (unpaired) electrons. The maximum atomic E-state index is 13.1. The van der Waals surface area contributed by atoms with Crippen LogP contribution in [0, 0.1) is 0 Å². The van der Waals surface area contributed by atoms with Gasteiger partial charge < -0.3 is 20.3 Å². The number of aliphatic hydroxyl groups is 2. The van der Waals surface area contributed by atoms with Crippen LogP contribution in [0.1, 0.15) is 278 Å². The van der Waals surface area contributed by atoms with Crippen molar-refractivity contribution in [1.29, 1.82) is 0 Å². The molecule has 3 atom stereocenters. The number of aliphatic hydroxyl groups excluding tert-OH is 2. The smallest absolute Gasteiger partial charge is 0.306 e. The van der Waals surface area contributed by atoms with E-state index in [1.807, 2.05) is 0 Å². The van der Waals surface area contributed by atoms with Crippen LogP contribution in [-0.4, -0.2) is 46.9 Å². The van der Waals surface area contributed by atoms with Crippen molar-refractivity contribution < 1.29 is 24.5 Å². The van der Waals surface area contributed by atoms with E-state index in [-0.39, 0.29) is 24.9 Å². The van der Waals surface area contributed by atoms with Crippen molar-refractivity contribution in [3.05, 3.63) is 12.2 Å². The lowest BCUT2D eigenvalue weighted by atomic mass is 10.0. The second kappa shape index (κ2) is 45.7. The van der Waals surface area contributed by atoms with Crippen LogP contribution in [0.3, 0.4) is 0 Å². The van der Waals surface area contributed by atoms with Gasteiger partial charge in [-0.05, 0) is 44.9 Å². The molecule has 0 saturated carbocycles. The highest BCUT2D eigenvalue weighted by atomic mass is 16.5. The van der Waals surface area contributed by atoms with Crippen molar-refractivity contribution in [3.63, 3.8) is 0 Å². The molecule has 0 spiro atoms. The number of hydrogen-bond donors (Lipinski definition) is 3. The molecule has 3 unspecified atom stereocenters. The molecule has 1 amide bonds. The van der Waals surface area contributed by atoms with Crippen LogP contribution in [0.15, 0.2) is 12.2 Å². The van der Waals surface area contributed by atoms with Crippen LogP contribution in [0.4, 0.5) is 0 Å². The Morgan fingerprint density at radius 3 is 1.28 bits per heavy atom. The van der Waals surface area contributed by atoms with Crippen molar-refractivity contribution in [2.75, 3.05) is 6.61 Å². The van der Waals surface area contributed by atoms with Gasteiger partial charge in [-0.25, -0.2) is 0 Å². The van der Waals surface area contributed by atoms with Crippen molar-refractivity contribution in [2.45, 2.75) is 296 Å². The molecule has 0 saturated heterocycles. The van der Waals surface area contributed by atoms with Gasteiger partial charge in [0.15, 0.2) is 0 Å². The van der Waals surface area contributed by atoms with E-state index in [1.165, 1.54) is 173 Å². The van der Waals surface area contributed by atoms with E-state index in [2.05, 4.69) is 38.2 Å². The van der Waals surface area contributed by atoms with Crippen molar-refractivity contribution in [2.24, 2.45) is 0 Å². The number of allylic oxidation sites excluding steroid dienone is 2. The third kappa shape index (κ3) is 41.1. The average Bonchev–Trinajstić information content (AvgIpc) is 3.20. The summed E-state index contributed by atoms with van der Waals surface area (Å²) in [4.78, 5) is 26.1. The van der Waals surface area contributed by atoms with Gasteiger partial charge in [0, 0.05) is 6.42 Å². The van der Waals surface area contributed by atoms with Gasteiger partial charge in [0.2, 0.25) is 5.91 Å². The number of amides is 1. The molecule has 0 fully saturated rings. The molecule has 0 bridgehead atoms. The highest BCUT2D eigenvalue weighted by Crippen LogP contribution is 2.18. The van der Waals surface area contributed by atoms with Gasteiger partial charge in [-0.3, -0.25) is 9.59 Å². The third-order valence-electron chi connectivity index (χ3n) is 11.8. The fourth-order valence-electron chi connectivity index (χ4n) is 7.96. The quantitative estimate of drug-likeness (QED) is 0.0323. The number of unbranched alkanes of at least 4 members (excludes halogenated alkanes) is 32. The summed E-state index contributed by atoms with van der Waals surface area (Å²) < 4.78 is 5.91. The SMILES string of the molecule is CCCCCCCCC/C=C\CCCC(CC(=O)NC(CO)C(O)CCCCCCCCCCCC)OC(=O)CCCCCCCCCCCCCCCCCC. The minimum absolute atomic E-state index is 0.0634. The highest BCUT2D eigenvalue weighted by molar-refractivity contribution is 5.77. The van der Waals surface area contributed by atoms with Crippen LogP contribution in [0.25, 0.3) is 0 Å². The summed E-state index contributed by atoms with van der Waals surface area (Å²) in [5.41, 5.74) is 0. The van der Waals surface area contributed by atoms with E-state index in [0.29, 0.717) is 19.3 Å². The van der Waals surface area contributed by atoms with E-state index in [9.17, 15) is 19.8 Å². The van der Waals surface area contributed by atoms with Gasteiger partial charge in [0.05, 0.1) is 25.2 Å². The predicted molar refractivity (Wildman–Crippen MR) is 246 cm³/mol. The standard InChI is InChI=1S/C51H99NO5/c1-4-7-10-13-16-19-22-24-25-26-27-29-32-35-38-41-44-51(56)57-47(42-39-36-33-30-28-23-20-17-14-11-8-5-2)45-50(55)52-48(46-53)49(54)43-40-37-34-31-21-18-15-12-9-6-3/h30,33,47-49,53-54H,4-29,31-32,34-46H2,1-3H3,(H,52,55)/b33-30-. The van der Waals surface area contributed by atoms with Gasteiger partial charge in [-0.2, -0.15) is 0 Å². The number of hydrogen-bond acceptors (Lipinski definition) is 5. The molecule has 0 heterocycles. The number of carbonyl (C=O) groups excluding carboxylic acids is 2. The molecule has 6 nitrogen and oxygen atoms in total. The first kappa shape index (κ1) is 55.6. The number of ether oxygens (including phenoxy) is 1. The molecule has 3 N–H and O–H groups in total. The Labute approximate surface area is 355 Å². The molecule has 0 aliphatic rings. The van der Waals surface area contributed by atoms with Gasteiger partial charge in [-0.15, -0.1) is 0 Å². The zero-order chi connectivity index (χ0) is 41.7. The normalized spacial score (nSPS) is 13.3. The number of rotatable bonds is 46. The summed E-state index contributed by atoms with van der Waals surface area (Å²) in [6, 6.07) is -0.702. The van der Waals surface area contributed by atoms with Crippen LogP contribution >= 0.6 is 0 Å². The van der Waals surface area contributed by atoms with Crippen LogP contribution in [0.5, 0.6) is 0 Å². The first-order chi connectivity index (χ1) is 28.0. The molecule has 6 heteroatoms. The Balaban J connectivity index is 4.53. The fraction of sp³-hybridized carbons (Fsp3) is 0.922. The summed E-state index contributed by atoms with van der Waals surface area (Å²) in [6.07, 6.45) is 49.9. The molecule has 0 aliphatic carbocycles. The zero-order valence-corrected chi connectivity index (χ0v) is 38.5. The van der Waals surface area contributed by atoms with E-state index in [0.717, 1.165) is 57.8 Å². The summed E-state index contributed by atoms with van der Waals surface area (Å²) >= 11 is 0. The molecule has 0 aromatic heterocycles. The third-order valence-corrected chi connectivity index (χ3v) is 11.8. The Kier molecular flexibility index (Phi) is 44.6. The summed E-state index contributed by atoms with van der Waals surface area (Å²) in [5.74, 6) is -0.488. The number of nitrogens with one attached hydrogen (secondary N) is 1. The molecule has 338 valence electrons. The van der Waals surface area contributed by atoms with E-state index >= 15 is 0 Å². The molecule has 0 aromatic carbocycles. The first-order valence-electron chi connectivity index (χ1n) is 25.4. The number of carbonyl (C=O) groups is 2. The monoisotopic (exact) mass is 806 g/mol. The molecule has 0 aliphatic heterocycles. The molecule has 57 heavy (non-hydrogen) atoms. The summed E-state index contributed by atoms with van der Waals surface area (Å²) in [7, 11) is 0. The number of esters is 1. The van der Waals surface area contributed by atoms with Gasteiger partial charge in [0.1, 0.15) is 6.10 Å². The highest BCUT2D eigenvalue weighted by Gasteiger charge is 2.24. The lowest BCUT2D eigenvalue weighted by Gasteiger charge is -2.24. The Hall–Kier alpha value is -1.40. The Morgan fingerprint density at radius 1 is 0.491 bits per heavy atom. The topological polar surface area (TPSA) is 95.9 Å². The van der Waals surface area contributed by atoms with Crippen molar-refractivity contribution in [1.82, 2.24) is 5.32 Å². The van der Waals surface area contributed by atoms with Crippen molar-refractivity contribution in [3.8, 4) is 0 Å². The summed E-state index contributed by atoms with van der Waals surface area (Å²) in [5, 5.41) is 23.7. The van der Waals surface area contributed by atoms with E-state index in [4.69, 9.17) is 4.74 Å². The second-order valence-electron chi connectivity index (χ2n) is 17.6. The lowest BCUT2D eigenvalue weighted by Crippen LogP contribution is -2.46. The molecular weight excluding hydrogens is 707 g/mol. The zero-order valence-electron chi connectivity index (χ0n) is 38.5. The average molecular weight is 806 g/mol. The predicted octanol–water partition coefficient (Wildman–Crippen LogP) is 15.0. The first-order valence-corrected chi connectivity index (χ1v) is 25.4. The van der Waals surface area contributed by atoms with Gasteiger partial charge >= 0.3 is 5.97 Å². The fourth-order valence-corrected chi connectivity index (χ4v) is 7.96. The summed E-state index contributed by atoms with van der Waals surface area (Å²) in [6.45, 7) is 6.47. The largest absolute Gasteiger partial charge is 0.462 e. The molecular formula is C51H99NO5. The second-order valence-corrected chi connectivity index (χ2v) is 17.6. The minimum atomic E-state index is -0.787. The van der Waals surface area contributed by atoms with E-state index in [1.54, 1.807) is 0 Å². The minimum Gasteiger partial charge on any atom is -0.462 e. The van der Waals surface area contributed by atoms with Gasteiger partial charge in [-0.1, -0.05) is 232 Å².